The molecular weight excluding hydrogens is 1890 g/mol. The van der Waals surface area contributed by atoms with Crippen LogP contribution in [-0.4, -0.2) is 173 Å². The number of sulfone groups is 1. The van der Waals surface area contributed by atoms with Gasteiger partial charge in [-0.05, 0) is 268 Å². The lowest BCUT2D eigenvalue weighted by Crippen LogP contribution is -2.42. The molecule has 148 heavy (non-hydrogen) atoms. The molecule has 0 bridgehead atoms. The van der Waals surface area contributed by atoms with Crippen molar-refractivity contribution in [2.45, 2.75) is 513 Å². The lowest BCUT2D eigenvalue weighted by atomic mass is 9.86. The van der Waals surface area contributed by atoms with Crippen molar-refractivity contribution in [2.75, 3.05) is 77.3 Å². The molecule has 20 nitrogen and oxygen atoms in total. The van der Waals surface area contributed by atoms with E-state index in [4.69, 9.17) is 42.7 Å². The molecule has 12 atom stereocenters. The Balaban J connectivity index is -0.000000154. The van der Waals surface area contributed by atoms with Crippen LogP contribution >= 0.6 is 0 Å². The van der Waals surface area contributed by atoms with Gasteiger partial charge in [0.05, 0.1) is 29.2 Å². The number of nitrogens with one attached hydrogen (secondary N) is 3. The Bertz CT molecular complexity index is 3090. The second kappa shape index (κ2) is 104. The first-order valence-electron chi connectivity index (χ1n) is 59.2. The van der Waals surface area contributed by atoms with Gasteiger partial charge in [0.1, 0.15) is 15.6 Å². The summed E-state index contributed by atoms with van der Waals surface area (Å²) in [4.78, 5) is 50.4. The number of hydrogen-bond acceptors (Lipinski definition) is 17. The number of carbonyl (C=O) groups is 4. The van der Waals surface area contributed by atoms with Crippen molar-refractivity contribution in [2.24, 2.45) is 165 Å². The summed E-state index contributed by atoms with van der Waals surface area (Å²) in [6, 6.07) is 5.73. The van der Waals surface area contributed by atoms with E-state index in [-0.39, 0.29) is 104 Å². The van der Waals surface area contributed by atoms with Crippen LogP contribution in [0.15, 0.2) is 24.4 Å². The Kier molecular flexibility index (Phi) is 117. The van der Waals surface area contributed by atoms with E-state index < -0.39 is 32.9 Å². The monoisotopic (exact) mass is 2150 g/mol. The summed E-state index contributed by atoms with van der Waals surface area (Å²) in [5.74, 6) is 7.24. The number of carbonyl (C=O) groups excluding carboxylic acids is 4. The van der Waals surface area contributed by atoms with Crippen molar-refractivity contribution < 1.29 is 80.9 Å². The second-order valence-electron chi connectivity index (χ2n) is 48.2. The van der Waals surface area contributed by atoms with Crippen LogP contribution in [0.5, 0.6) is 0 Å². The molecule has 0 radical (unpaired) electrons. The fraction of sp³-hybridized carbons (Fsp3) is 0.927. The lowest BCUT2D eigenvalue weighted by Gasteiger charge is -2.23. The smallest absolute Gasteiger partial charge is 0.248 e. The maximum absolute atomic E-state index is 12.8. The van der Waals surface area contributed by atoms with Crippen LogP contribution in [0, 0.1) is 148 Å². The van der Waals surface area contributed by atoms with E-state index in [1.807, 2.05) is 59.7 Å². The van der Waals surface area contributed by atoms with Crippen molar-refractivity contribution in [3.63, 3.8) is 0 Å². The number of nitrogens with zero attached hydrogens (tertiary/aromatic N) is 1. The highest BCUT2D eigenvalue weighted by Crippen LogP contribution is 2.32. The molecule has 0 aliphatic heterocycles. The second-order valence-corrected chi connectivity index (χ2v) is 50.7. The average molecular weight is 2150 g/mol. The Hall–Kier alpha value is -3.50. The number of rotatable bonds is 66. The maximum Gasteiger partial charge on any atom is 0.248 e. The van der Waals surface area contributed by atoms with E-state index in [1.54, 1.807) is 33.9 Å². The summed E-state index contributed by atoms with van der Waals surface area (Å²) in [6.45, 7) is 89.8. The first-order chi connectivity index (χ1) is 68.4. The first-order valence-corrected chi connectivity index (χ1v) is 61.0. The van der Waals surface area contributed by atoms with Crippen molar-refractivity contribution in [3.8, 4) is 0 Å². The Morgan fingerprint density at radius 3 is 1.01 bits per heavy atom. The lowest BCUT2D eigenvalue weighted by molar-refractivity contribution is -0.128. The molecule has 0 aliphatic carbocycles. The summed E-state index contributed by atoms with van der Waals surface area (Å²) in [7, 11) is -2.77. The molecule has 0 saturated heterocycles. The Labute approximate surface area is 915 Å². The van der Waals surface area contributed by atoms with Crippen molar-refractivity contribution >= 4 is 33.3 Å². The van der Waals surface area contributed by atoms with Crippen LogP contribution in [0.3, 0.4) is 0 Å². The molecular formula is C123H257F4N7O13S. The van der Waals surface area contributed by atoms with Crippen LogP contribution in [0.25, 0.3) is 0 Å². The number of halogens is 4. The number of Topliss-reactive ketones (excluding diaryl/α,β-unsaturated/α-hetero) is 1. The third-order valence-corrected chi connectivity index (χ3v) is 30.1. The molecule has 1 rings (SSSR count). The summed E-state index contributed by atoms with van der Waals surface area (Å²) >= 11 is 0. The summed E-state index contributed by atoms with van der Waals surface area (Å²) in [5.41, 5.74) is 15.8. The molecule has 0 fully saturated rings. The van der Waals surface area contributed by atoms with E-state index in [9.17, 15) is 55.4 Å². The molecule has 3 amide bonds. The van der Waals surface area contributed by atoms with Gasteiger partial charge in [-0.25, -0.2) is 26.0 Å². The molecule has 25 heteroatoms. The highest BCUT2D eigenvalue weighted by molar-refractivity contribution is 7.91. The molecule has 896 valence electrons. The number of amides is 3. The number of unbranched alkanes of at least 4 members (excludes halogenated alkanes) is 5. The standard InChI is InChI=1S/C14H22N2O.C12H25NO2.C12H26O2S.C12H24O.C10H22N2O.C10H22O2.2C10H22O.2C9H18F2O.C9H21N.C6H15N/c1-4-7-13(11(2)3)14(17)16-10-12-8-5-6-9-15-12;1-6-7-10(9(2)3)11(14)13-8-12(4,5)15;1-5-7-8-12(11(3)4)9-10-15(13,14)6-2;1-5-6-7-12(10(2)3)9-8-11(4)13;1-4-5-9(8(2)3)10(13)12-7-6-11;1-8(2)9(7-11)5-6-10(3,4)12;1-8(2)5-6-10(7-11)9(3)4;1-4-5-6-7-10(8-11)9(2)3;1-7(2)8(6-12)4-5-9(3,10)11;1-4-9(10,11)5-8(6-12)7(2)3;1-4-5-6-9(7-10)8(2)3;1-5(2)6(3)4-7/h5-6,8-9,11,13H,4,7,10H2,1-3H3,(H,16,17);9-10,15H,6-8H2,1-5H3,(H,13,14);11-12H,5-10H2,1-4H3;10,12H,5-9H2,1-4H3;8-9H,4-7,11H2,1-3H3,(H,12,13);8-9,11-12H,5-7H2,1-4H3;8-11H,5-7H2,1-4H3;9-11H,4-8H2,1-3H3;2*7-8,12H,4-6H2,1-3H3;8-9H,4-7,10H2,1-3H3;5-6H,4,7H2,1-3H3. The van der Waals surface area contributed by atoms with E-state index in [0.717, 1.165) is 132 Å². The minimum atomic E-state index is -2.77. The van der Waals surface area contributed by atoms with Gasteiger partial charge in [-0.1, -0.05) is 352 Å². The first kappa shape index (κ1) is 167. The quantitative estimate of drug-likeness (QED) is 0.0213. The van der Waals surface area contributed by atoms with Gasteiger partial charge in [-0.2, -0.15) is 0 Å². The Morgan fingerprint density at radius 1 is 0.378 bits per heavy atom. The Morgan fingerprint density at radius 2 is 0.730 bits per heavy atom. The fourth-order valence-corrected chi connectivity index (χ4v) is 16.4. The predicted molar refractivity (Wildman–Crippen MR) is 632 cm³/mol. The topological polar surface area (TPSA) is 371 Å². The average Bonchev–Trinajstić information content (AvgIpc) is 0.896. The van der Waals surface area contributed by atoms with Crippen molar-refractivity contribution in [3.05, 3.63) is 30.1 Å². The number of nitrogens with two attached hydrogens (primary N) is 3. The number of aliphatic hydroxyl groups excluding tert-OH is 5. The van der Waals surface area contributed by atoms with Crippen LogP contribution < -0.4 is 33.2 Å². The number of ketones is 1. The third-order valence-electron chi connectivity index (χ3n) is 28.4. The third kappa shape index (κ3) is 114. The van der Waals surface area contributed by atoms with Crippen molar-refractivity contribution in [1.29, 1.82) is 0 Å². The summed E-state index contributed by atoms with van der Waals surface area (Å²) < 4.78 is 73.3. The van der Waals surface area contributed by atoms with E-state index >= 15 is 0 Å². The molecule has 0 aromatic carbocycles. The number of hydrogen-bond donors (Lipinski definition) is 13. The number of aromatic nitrogens is 1. The largest absolute Gasteiger partial charge is 0.396 e. The number of aliphatic hydroxyl groups is 7. The van der Waals surface area contributed by atoms with Crippen LogP contribution in [0.4, 0.5) is 17.6 Å². The van der Waals surface area contributed by atoms with Gasteiger partial charge in [0.2, 0.25) is 29.6 Å². The van der Waals surface area contributed by atoms with Crippen molar-refractivity contribution in [1.82, 2.24) is 20.9 Å². The number of alkyl halides is 4. The molecule has 12 unspecified atom stereocenters. The highest BCUT2D eigenvalue weighted by Gasteiger charge is 2.33. The van der Waals surface area contributed by atoms with Gasteiger partial charge >= 0.3 is 0 Å². The van der Waals surface area contributed by atoms with E-state index in [2.05, 4.69) is 229 Å². The van der Waals surface area contributed by atoms with Crippen LogP contribution in [0.1, 0.15) is 489 Å². The molecule has 1 heterocycles. The molecule has 1 aromatic heterocycles. The van der Waals surface area contributed by atoms with Gasteiger partial charge in [0.15, 0.2) is 0 Å². The zero-order valence-corrected chi connectivity index (χ0v) is 106. The summed E-state index contributed by atoms with van der Waals surface area (Å²) in [6.07, 6.45) is 30.8. The molecule has 0 aliphatic rings. The van der Waals surface area contributed by atoms with E-state index in [0.29, 0.717) is 128 Å². The van der Waals surface area contributed by atoms with Crippen LogP contribution in [-0.2, 0) is 35.6 Å². The highest BCUT2D eigenvalue weighted by atomic mass is 32.2. The molecule has 16 N–H and O–H groups in total. The van der Waals surface area contributed by atoms with E-state index in [1.165, 1.54) is 103 Å². The van der Waals surface area contributed by atoms with Gasteiger partial charge in [-0.15, -0.1) is 0 Å². The molecule has 0 saturated carbocycles. The van der Waals surface area contributed by atoms with Gasteiger partial charge in [0, 0.05) is 108 Å². The molecule has 0 spiro atoms. The summed E-state index contributed by atoms with van der Waals surface area (Å²) in [5, 5.41) is 72.2. The fourth-order valence-electron chi connectivity index (χ4n) is 15.4. The molecule has 1 aromatic rings. The minimum absolute atomic E-state index is 0.00769. The zero-order chi connectivity index (χ0) is 118. The predicted octanol–water partition coefficient (Wildman–Crippen LogP) is 29.3. The zero-order valence-electron chi connectivity index (χ0n) is 105. The van der Waals surface area contributed by atoms with Gasteiger partial charge in [0.25, 0.3) is 0 Å². The van der Waals surface area contributed by atoms with Crippen LogP contribution in [0.2, 0.25) is 0 Å². The minimum Gasteiger partial charge on any atom is -0.396 e. The van der Waals surface area contributed by atoms with Gasteiger partial charge in [-0.3, -0.25) is 19.4 Å². The normalized spacial score (nSPS) is 14.1. The SMILES string of the molecule is CC(C)C(C)CN.CC(C)C(CO)CCC(C)(C)O.CC(C)C(CO)CCC(C)(F)F.CC(C)CCC(CO)C(C)C.CCC(F)(F)CC(CO)C(C)C.CCCC(C(=O)NCC(C)(C)O)C(C)C.CCCC(C(=O)NCCN)C(C)C.CCCC(C(=O)NCc1ccccn1)C(C)C.CCCCC(CCC(C)=O)C(C)C.CCCCC(CCS(=O)(=O)CC)C(C)C.CCCCC(CN)C(C)C.CCCCCC(CO)C(C)C. The van der Waals surface area contributed by atoms with Gasteiger partial charge < -0.3 is 73.7 Å². The number of pyridine rings is 1. The maximum atomic E-state index is 12.8.